The monoisotopic (exact) mass is 329 g/mol. The number of piperazine rings is 1. The zero-order chi connectivity index (χ0) is 17.3. The van der Waals surface area contributed by atoms with Gasteiger partial charge < -0.3 is 9.80 Å². The van der Waals surface area contributed by atoms with E-state index >= 15 is 0 Å². The largest absolute Gasteiger partial charge is 0.310 e. The van der Waals surface area contributed by atoms with Crippen molar-refractivity contribution in [2.24, 2.45) is 5.92 Å². The van der Waals surface area contributed by atoms with Gasteiger partial charge in [-0.05, 0) is 69.8 Å². The lowest BCUT2D eigenvalue weighted by atomic mass is 10.1. The third-order valence-electron chi connectivity index (χ3n) is 5.38. The van der Waals surface area contributed by atoms with Gasteiger partial charge in [0.05, 0.1) is 6.54 Å². The van der Waals surface area contributed by atoms with Crippen molar-refractivity contribution in [1.82, 2.24) is 9.80 Å². The highest BCUT2D eigenvalue weighted by Crippen LogP contribution is 2.23. The Hall–Kier alpha value is -1.39. The summed E-state index contributed by atoms with van der Waals surface area (Å²) in [5, 5.41) is 0. The quantitative estimate of drug-likeness (QED) is 0.850. The predicted octanol–water partition coefficient (Wildman–Crippen LogP) is 2.68. The molecule has 1 amide bonds. The molecule has 0 saturated carbocycles. The van der Waals surface area contributed by atoms with Gasteiger partial charge in [-0.1, -0.05) is 6.07 Å². The van der Waals surface area contributed by atoms with Crippen molar-refractivity contribution >= 4 is 11.6 Å². The number of hydrogen-bond donors (Lipinski definition) is 0. The van der Waals surface area contributed by atoms with Crippen LogP contribution in [0.2, 0.25) is 0 Å². The van der Waals surface area contributed by atoms with Gasteiger partial charge in [0.15, 0.2) is 0 Å². The Bertz CT molecular complexity index is 578. The molecule has 0 aromatic heterocycles. The van der Waals surface area contributed by atoms with Crippen LogP contribution in [0.3, 0.4) is 0 Å². The number of amides is 1. The van der Waals surface area contributed by atoms with Crippen LogP contribution in [0.1, 0.15) is 31.4 Å². The van der Waals surface area contributed by atoms with E-state index in [1.165, 1.54) is 30.6 Å². The van der Waals surface area contributed by atoms with Crippen molar-refractivity contribution in [3.8, 4) is 0 Å². The van der Waals surface area contributed by atoms with Gasteiger partial charge in [0.1, 0.15) is 0 Å². The van der Waals surface area contributed by atoms with E-state index in [-0.39, 0.29) is 5.91 Å². The number of nitrogens with zero attached hydrogens (tertiary/aromatic N) is 3. The van der Waals surface area contributed by atoms with Gasteiger partial charge in [-0.15, -0.1) is 0 Å². The van der Waals surface area contributed by atoms with Crippen LogP contribution < -0.4 is 4.90 Å². The van der Waals surface area contributed by atoms with Crippen LogP contribution in [0.15, 0.2) is 18.2 Å². The fourth-order valence-electron chi connectivity index (χ4n) is 4.10. The van der Waals surface area contributed by atoms with Crippen LogP contribution in [0.5, 0.6) is 0 Å². The molecule has 2 fully saturated rings. The second kappa shape index (κ2) is 7.24. The highest BCUT2D eigenvalue weighted by atomic mass is 16.2. The molecule has 0 bridgehead atoms. The van der Waals surface area contributed by atoms with Crippen LogP contribution in [0, 0.1) is 19.8 Å². The SMILES string of the molecule is Cc1cc(C)cc(N2CCN(CC3CCN(C(C)C)C3)CC2=O)c1. The predicted molar refractivity (Wildman–Crippen MR) is 99.5 cm³/mol. The van der Waals surface area contributed by atoms with Crippen molar-refractivity contribution in [2.75, 3.05) is 44.2 Å². The number of aryl methyl sites for hydroxylation is 2. The van der Waals surface area contributed by atoms with Crippen molar-refractivity contribution in [3.05, 3.63) is 29.3 Å². The first-order valence-corrected chi connectivity index (χ1v) is 9.27. The van der Waals surface area contributed by atoms with E-state index in [2.05, 4.69) is 55.7 Å². The zero-order valence-electron chi connectivity index (χ0n) is 15.6. The molecule has 24 heavy (non-hydrogen) atoms. The van der Waals surface area contributed by atoms with E-state index in [9.17, 15) is 4.79 Å². The van der Waals surface area contributed by atoms with Gasteiger partial charge in [-0.25, -0.2) is 0 Å². The summed E-state index contributed by atoms with van der Waals surface area (Å²) in [4.78, 5) is 19.5. The minimum atomic E-state index is 0.241. The topological polar surface area (TPSA) is 26.8 Å². The summed E-state index contributed by atoms with van der Waals surface area (Å²) in [6.07, 6.45) is 1.27. The molecule has 2 heterocycles. The molecule has 0 N–H and O–H groups in total. The number of carbonyl (C=O) groups excluding carboxylic acids is 1. The molecule has 1 unspecified atom stereocenters. The maximum absolute atomic E-state index is 12.6. The van der Waals surface area contributed by atoms with E-state index in [1.54, 1.807) is 0 Å². The van der Waals surface area contributed by atoms with E-state index in [4.69, 9.17) is 0 Å². The minimum absolute atomic E-state index is 0.241. The number of rotatable bonds is 4. The van der Waals surface area contributed by atoms with Gasteiger partial charge in [-0.3, -0.25) is 9.69 Å². The first-order valence-electron chi connectivity index (χ1n) is 9.27. The van der Waals surface area contributed by atoms with Crippen molar-refractivity contribution in [2.45, 2.75) is 40.2 Å². The highest BCUT2D eigenvalue weighted by Gasteiger charge is 2.30. The third kappa shape index (κ3) is 3.98. The van der Waals surface area contributed by atoms with Crippen LogP contribution >= 0.6 is 0 Å². The Kier molecular flexibility index (Phi) is 5.26. The molecule has 0 radical (unpaired) electrons. The molecule has 2 aliphatic rings. The fourth-order valence-corrected chi connectivity index (χ4v) is 4.10. The second-order valence-electron chi connectivity index (χ2n) is 7.87. The normalized spacial score (nSPS) is 23.5. The Morgan fingerprint density at radius 3 is 2.38 bits per heavy atom. The molecule has 132 valence electrons. The van der Waals surface area contributed by atoms with Gasteiger partial charge in [0.2, 0.25) is 5.91 Å². The number of hydrogen-bond acceptors (Lipinski definition) is 3. The first kappa shape index (κ1) is 17.4. The lowest BCUT2D eigenvalue weighted by Crippen LogP contribution is -2.51. The smallest absolute Gasteiger partial charge is 0.241 e. The molecule has 4 nitrogen and oxygen atoms in total. The molecule has 1 aromatic rings. The average molecular weight is 329 g/mol. The molecule has 1 aromatic carbocycles. The van der Waals surface area contributed by atoms with Crippen LogP contribution in [-0.4, -0.2) is 61.0 Å². The lowest BCUT2D eigenvalue weighted by Gasteiger charge is -2.35. The maximum Gasteiger partial charge on any atom is 0.241 e. The number of carbonyl (C=O) groups is 1. The Labute approximate surface area is 146 Å². The first-order chi connectivity index (χ1) is 11.4. The van der Waals surface area contributed by atoms with Gasteiger partial charge in [-0.2, -0.15) is 0 Å². The third-order valence-corrected chi connectivity index (χ3v) is 5.38. The van der Waals surface area contributed by atoms with Crippen molar-refractivity contribution < 1.29 is 4.79 Å². The Morgan fingerprint density at radius 2 is 1.79 bits per heavy atom. The Morgan fingerprint density at radius 1 is 1.08 bits per heavy atom. The number of anilines is 1. The second-order valence-corrected chi connectivity index (χ2v) is 7.87. The Balaban J connectivity index is 1.57. The summed E-state index contributed by atoms with van der Waals surface area (Å²) in [5.41, 5.74) is 3.50. The lowest BCUT2D eigenvalue weighted by molar-refractivity contribution is -0.121. The maximum atomic E-state index is 12.6. The van der Waals surface area contributed by atoms with Crippen LogP contribution in [-0.2, 0) is 4.79 Å². The molecule has 1 atom stereocenters. The molecular formula is C20H31N3O. The molecule has 3 rings (SSSR count). The summed E-state index contributed by atoms with van der Waals surface area (Å²) in [6, 6.07) is 7.04. The summed E-state index contributed by atoms with van der Waals surface area (Å²) in [7, 11) is 0. The molecular weight excluding hydrogens is 298 g/mol. The standard InChI is InChI=1S/C20H31N3O/c1-15(2)22-6-5-18(13-22)12-21-7-8-23(20(24)14-21)19-10-16(3)9-17(4)11-19/h9-11,15,18H,5-8,12-14H2,1-4H3. The summed E-state index contributed by atoms with van der Waals surface area (Å²) < 4.78 is 0. The van der Waals surface area contributed by atoms with E-state index in [0.29, 0.717) is 18.5 Å². The molecule has 2 aliphatic heterocycles. The number of benzene rings is 1. The minimum Gasteiger partial charge on any atom is -0.310 e. The van der Waals surface area contributed by atoms with Gasteiger partial charge in [0.25, 0.3) is 0 Å². The van der Waals surface area contributed by atoms with Gasteiger partial charge in [0, 0.05) is 37.9 Å². The van der Waals surface area contributed by atoms with E-state index in [0.717, 1.165) is 25.3 Å². The van der Waals surface area contributed by atoms with Crippen LogP contribution in [0.4, 0.5) is 5.69 Å². The van der Waals surface area contributed by atoms with Crippen LogP contribution in [0.25, 0.3) is 0 Å². The molecule has 0 spiro atoms. The zero-order valence-corrected chi connectivity index (χ0v) is 15.6. The van der Waals surface area contributed by atoms with Gasteiger partial charge >= 0.3 is 0 Å². The van der Waals surface area contributed by atoms with E-state index < -0.39 is 0 Å². The fraction of sp³-hybridized carbons (Fsp3) is 0.650. The van der Waals surface area contributed by atoms with Crippen molar-refractivity contribution in [1.29, 1.82) is 0 Å². The number of likely N-dealkylation sites (tertiary alicyclic amines) is 1. The molecule has 4 heteroatoms. The summed E-state index contributed by atoms with van der Waals surface area (Å²) in [5.74, 6) is 0.956. The van der Waals surface area contributed by atoms with Crippen molar-refractivity contribution in [3.63, 3.8) is 0 Å². The highest BCUT2D eigenvalue weighted by molar-refractivity contribution is 5.95. The summed E-state index contributed by atoms with van der Waals surface area (Å²) in [6.45, 7) is 14.5. The van der Waals surface area contributed by atoms with E-state index in [1.807, 2.05) is 4.90 Å². The molecule has 2 saturated heterocycles. The summed E-state index contributed by atoms with van der Waals surface area (Å²) >= 11 is 0. The molecule has 0 aliphatic carbocycles. The average Bonchev–Trinajstić information content (AvgIpc) is 2.95.